The van der Waals surface area contributed by atoms with Crippen molar-refractivity contribution in [1.29, 1.82) is 0 Å². The van der Waals surface area contributed by atoms with Crippen LogP contribution in [0, 0.1) is 11.6 Å². The zero-order valence-corrected chi connectivity index (χ0v) is 16.9. The quantitative estimate of drug-likeness (QED) is 0.754. The molecule has 2 unspecified atom stereocenters. The highest BCUT2D eigenvalue weighted by Gasteiger charge is 2.30. The first-order valence-corrected chi connectivity index (χ1v) is 10.3. The number of halogens is 2. The minimum atomic E-state index is -0.739. The third-order valence-corrected chi connectivity index (χ3v) is 5.85. The van der Waals surface area contributed by atoms with Gasteiger partial charge in [0.2, 0.25) is 0 Å². The Balaban J connectivity index is 1.28. The molecule has 0 aliphatic carbocycles. The third-order valence-electron chi connectivity index (χ3n) is 5.85. The summed E-state index contributed by atoms with van der Waals surface area (Å²) in [5.41, 5.74) is 1.63. The predicted molar refractivity (Wildman–Crippen MR) is 108 cm³/mol. The van der Waals surface area contributed by atoms with Gasteiger partial charge in [0, 0.05) is 13.1 Å². The summed E-state index contributed by atoms with van der Waals surface area (Å²) in [5, 5.41) is 21.2. The third kappa shape index (κ3) is 4.74. The molecule has 7 heteroatoms. The van der Waals surface area contributed by atoms with E-state index in [0.717, 1.165) is 11.1 Å². The van der Waals surface area contributed by atoms with Gasteiger partial charge in [-0.25, -0.2) is 8.78 Å². The van der Waals surface area contributed by atoms with Crippen LogP contribution in [-0.4, -0.2) is 59.7 Å². The highest BCUT2D eigenvalue weighted by Crippen LogP contribution is 2.31. The van der Waals surface area contributed by atoms with Gasteiger partial charge >= 0.3 is 0 Å². The van der Waals surface area contributed by atoms with Gasteiger partial charge in [-0.1, -0.05) is 0 Å². The molecule has 4 rings (SSSR count). The maximum Gasteiger partial charge on any atom is 0.126 e. The number of fused-ring (bicyclic) bond motifs is 2. The molecule has 5 nitrogen and oxygen atoms in total. The second-order valence-corrected chi connectivity index (χ2v) is 8.25. The van der Waals surface area contributed by atoms with Crippen molar-refractivity contribution in [1.82, 2.24) is 4.90 Å². The molecule has 0 bridgehead atoms. The molecule has 0 saturated carbocycles. The monoisotopic (exact) mass is 419 g/mol. The zero-order chi connectivity index (χ0) is 21.3. The number of ether oxygens (including phenoxy) is 2. The molecule has 162 valence electrons. The SMILES string of the molecule is CN(CC(O)C1CCc2cc(F)ccc2O1)C[C@@H](O)[C@@H]1CCc2cc(F)ccc2O1. The van der Waals surface area contributed by atoms with E-state index in [1.165, 1.54) is 24.3 Å². The Morgan fingerprint density at radius 3 is 1.73 bits per heavy atom. The van der Waals surface area contributed by atoms with Crippen molar-refractivity contribution < 1.29 is 28.5 Å². The maximum atomic E-state index is 13.3. The number of nitrogens with zero attached hydrogens (tertiary/aromatic N) is 1. The van der Waals surface area contributed by atoms with Crippen molar-refractivity contribution in [3.63, 3.8) is 0 Å². The highest BCUT2D eigenvalue weighted by molar-refractivity contribution is 5.36. The summed E-state index contributed by atoms with van der Waals surface area (Å²) in [6.07, 6.45) is 0.271. The molecule has 0 saturated heterocycles. The van der Waals surface area contributed by atoms with Gasteiger partial charge in [0.15, 0.2) is 0 Å². The first kappa shape index (κ1) is 21.0. The van der Waals surface area contributed by atoms with Crippen molar-refractivity contribution in [3.8, 4) is 11.5 Å². The Bertz CT molecular complexity index is 822. The van der Waals surface area contributed by atoms with E-state index in [9.17, 15) is 19.0 Å². The van der Waals surface area contributed by atoms with Crippen molar-refractivity contribution >= 4 is 0 Å². The van der Waals surface area contributed by atoms with Gasteiger partial charge in [0.25, 0.3) is 0 Å². The summed E-state index contributed by atoms with van der Waals surface area (Å²) >= 11 is 0. The van der Waals surface area contributed by atoms with Crippen molar-refractivity contribution in [2.45, 2.75) is 50.1 Å². The number of hydrogen-bond donors (Lipinski definition) is 2. The normalized spacial score (nSPS) is 22.5. The van der Waals surface area contributed by atoms with Crippen LogP contribution in [0.2, 0.25) is 0 Å². The molecule has 2 aliphatic heterocycles. The van der Waals surface area contributed by atoms with E-state index in [4.69, 9.17) is 9.47 Å². The van der Waals surface area contributed by atoms with E-state index >= 15 is 0 Å². The molecule has 0 amide bonds. The van der Waals surface area contributed by atoms with Crippen molar-refractivity contribution in [2.24, 2.45) is 0 Å². The van der Waals surface area contributed by atoms with Gasteiger partial charge in [-0.3, -0.25) is 0 Å². The second kappa shape index (κ2) is 8.88. The average molecular weight is 419 g/mol. The summed E-state index contributed by atoms with van der Waals surface area (Å²) in [6, 6.07) is 8.84. The first-order valence-electron chi connectivity index (χ1n) is 10.3. The highest BCUT2D eigenvalue weighted by atomic mass is 19.1. The second-order valence-electron chi connectivity index (χ2n) is 8.25. The maximum absolute atomic E-state index is 13.3. The van der Waals surface area contributed by atoms with E-state index < -0.39 is 12.2 Å². The van der Waals surface area contributed by atoms with E-state index in [1.54, 1.807) is 12.1 Å². The summed E-state index contributed by atoms with van der Waals surface area (Å²) in [4.78, 5) is 1.85. The Morgan fingerprint density at radius 2 is 1.30 bits per heavy atom. The van der Waals surface area contributed by atoms with Crippen LogP contribution in [0.5, 0.6) is 11.5 Å². The van der Waals surface area contributed by atoms with Crippen LogP contribution in [0.1, 0.15) is 24.0 Å². The summed E-state index contributed by atoms with van der Waals surface area (Å²) < 4.78 is 38.4. The lowest BCUT2D eigenvalue weighted by molar-refractivity contribution is -0.0212. The van der Waals surface area contributed by atoms with Gasteiger partial charge in [-0.2, -0.15) is 0 Å². The molecular weight excluding hydrogens is 392 g/mol. The average Bonchev–Trinajstić information content (AvgIpc) is 2.72. The zero-order valence-electron chi connectivity index (χ0n) is 16.9. The van der Waals surface area contributed by atoms with E-state index in [1.807, 2.05) is 11.9 Å². The van der Waals surface area contributed by atoms with Gasteiger partial charge < -0.3 is 24.6 Å². The molecule has 0 aromatic heterocycles. The molecule has 0 fully saturated rings. The van der Waals surface area contributed by atoms with Crippen LogP contribution in [-0.2, 0) is 12.8 Å². The smallest absolute Gasteiger partial charge is 0.126 e. The molecule has 2 aliphatic rings. The number of rotatable bonds is 6. The van der Waals surface area contributed by atoms with E-state index in [2.05, 4.69) is 0 Å². The molecule has 2 heterocycles. The molecule has 0 spiro atoms. The lowest BCUT2D eigenvalue weighted by atomic mass is 9.98. The fraction of sp³-hybridized carbons (Fsp3) is 0.478. The Kier molecular flexibility index (Phi) is 6.22. The molecule has 2 aromatic carbocycles. The molecular formula is C23H27F2NO4. The predicted octanol–water partition coefficient (Wildman–Crippen LogP) is 2.71. The number of aliphatic hydroxyl groups is 2. The van der Waals surface area contributed by atoms with Crippen LogP contribution in [0.3, 0.4) is 0 Å². The van der Waals surface area contributed by atoms with Gasteiger partial charge in [-0.05, 0) is 80.3 Å². The summed E-state index contributed by atoms with van der Waals surface area (Å²) in [5.74, 6) is 0.644. The fourth-order valence-corrected chi connectivity index (χ4v) is 4.25. The Labute approximate surface area is 174 Å². The fourth-order valence-electron chi connectivity index (χ4n) is 4.25. The number of benzene rings is 2. The molecule has 4 atom stereocenters. The molecule has 0 radical (unpaired) electrons. The minimum absolute atomic E-state index is 0.289. The van der Waals surface area contributed by atoms with E-state index in [-0.39, 0.29) is 23.8 Å². The molecule has 30 heavy (non-hydrogen) atoms. The summed E-state index contributed by atoms with van der Waals surface area (Å²) in [6.45, 7) is 0.652. The van der Waals surface area contributed by atoms with Crippen LogP contribution < -0.4 is 9.47 Å². The van der Waals surface area contributed by atoms with Crippen LogP contribution in [0.25, 0.3) is 0 Å². The van der Waals surface area contributed by atoms with Crippen molar-refractivity contribution in [3.05, 3.63) is 59.2 Å². The molecule has 2 N–H and O–H groups in total. The van der Waals surface area contributed by atoms with Crippen LogP contribution in [0.4, 0.5) is 8.78 Å². The van der Waals surface area contributed by atoms with Gasteiger partial charge in [-0.15, -0.1) is 0 Å². The number of aliphatic hydroxyl groups excluding tert-OH is 2. The molecule has 2 aromatic rings. The first-order chi connectivity index (χ1) is 14.4. The number of likely N-dealkylation sites (N-methyl/N-ethyl adjacent to an activating group) is 1. The minimum Gasteiger partial charge on any atom is -0.487 e. The summed E-state index contributed by atoms with van der Waals surface area (Å²) in [7, 11) is 1.82. The van der Waals surface area contributed by atoms with E-state index in [0.29, 0.717) is 50.3 Å². The van der Waals surface area contributed by atoms with Gasteiger partial charge in [0.05, 0.1) is 0 Å². The lowest BCUT2D eigenvalue weighted by Crippen LogP contribution is -2.47. The largest absolute Gasteiger partial charge is 0.487 e. The Hall–Kier alpha value is -2.22. The number of aryl methyl sites for hydroxylation is 2. The van der Waals surface area contributed by atoms with Crippen molar-refractivity contribution in [2.75, 3.05) is 20.1 Å². The lowest BCUT2D eigenvalue weighted by Gasteiger charge is -2.34. The topological polar surface area (TPSA) is 62.2 Å². The van der Waals surface area contributed by atoms with Gasteiger partial charge in [0.1, 0.15) is 47.5 Å². The Morgan fingerprint density at radius 1 is 0.867 bits per heavy atom. The van der Waals surface area contributed by atoms with Crippen LogP contribution >= 0.6 is 0 Å². The number of hydrogen-bond acceptors (Lipinski definition) is 5. The van der Waals surface area contributed by atoms with Crippen LogP contribution in [0.15, 0.2) is 36.4 Å². The standard InChI is InChI=1S/C23H27F2NO4/c1-26(12-18(27)22-6-2-14-10-16(24)4-8-20(14)29-22)13-19(28)23-7-3-15-11-17(25)5-9-21(15)30-23/h4-5,8-11,18-19,22-23,27-28H,2-3,6-7,12-13H2,1H3/t18-,19?,22+,23?/m1/s1.